The smallest absolute Gasteiger partial charge is 0.417 e. The highest BCUT2D eigenvalue weighted by Crippen LogP contribution is 2.52. The molecule has 0 spiro atoms. The van der Waals surface area contributed by atoms with Gasteiger partial charge in [-0.05, 0) is 62.4 Å². The topological polar surface area (TPSA) is 127 Å². The first kappa shape index (κ1) is 35.2. The Hall–Kier alpha value is -5.11. The molecule has 0 aliphatic heterocycles. The molecule has 5 aromatic rings. The number of aldehydes is 3. The van der Waals surface area contributed by atoms with Gasteiger partial charge in [0.05, 0.1) is 23.3 Å². The molecular weight excluding hydrogens is 666 g/mol. The Bertz CT molecular complexity index is 1840. The molecule has 0 amide bonds. The van der Waals surface area contributed by atoms with Crippen LogP contribution in [0.2, 0.25) is 0 Å². The van der Waals surface area contributed by atoms with Gasteiger partial charge in [-0.25, -0.2) is 0 Å². The van der Waals surface area contributed by atoms with Crippen molar-refractivity contribution in [2.45, 2.75) is 26.1 Å². The van der Waals surface area contributed by atoms with Gasteiger partial charge >= 0.3 is 17.2 Å². The molecule has 1 unspecified atom stereocenters. The molecule has 0 radical (unpaired) electrons. The lowest BCUT2D eigenvalue weighted by Crippen LogP contribution is -2.22. The van der Waals surface area contributed by atoms with E-state index in [2.05, 4.69) is 0 Å². The van der Waals surface area contributed by atoms with Crippen LogP contribution in [0.5, 0.6) is 28.7 Å². The Morgan fingerprint density at radius 2 is 0.878 bits per heavy atom. The van der Waals surface area contributed by atoms with Crippen molar-refractivity contribution in [1.29, 1.82) is 0 Å². The van der Waals surface area contributed by atoms with E-state index in [4.69, 9.17) is 27.1 Å². The van der Waals surface area contributed by atoms with Gasteiger partial charge in [0.15, 0.2) is 18.9 Å². The molecule has 0 aliphatic carbocycles. The Morgan fingerprint density at radius 3 is 1.37 bits per heavy atom. The van der Waals surface area contributed by atoms with E-state index in [-0.39, 0.29) is 35.0 Å². The van der Waals surface area contributed by atoms with E-state index in [0.29, 0.717) is 47.0 Å². The zero-order valence-electron chi connectivity index (χ0n) is 26.5. The van der Waals surface area contributed by atoms with Gasteiger partial charge in [0, 0.05) is 11.1 Å². The lowest BCUT2D eigenvalue weighted by atomic mass is 9.98. The number of rotatable bonds is 17. The fourth-order valence-electron chi connectivity index (χ4n) is 4.50. The third-order valence-corrected chi connectivity index (χ3v) is 9.32. The second-order valence-electron chi connectivity index (χ2n) is 10.7. The van der Waals surface area contributed by atoms with E-state index in [9.17, 15) is 19.5 Å². The number of carbonyl (C=O) groups is 3. The molecule has 5 aromatic carbocycles. The van der Waals surface area contributed by atoms with E-state index in [1.54, 1.807) is 135 Å². The maximum absolute atomic E-state index is 11.8. The second kappa shape index (κ2) is 16.8. The van der Waals surface area contributed by atoms with Crippen molar-refractivity contribution >= 4 is 36.1 Å². The number of carbonyl (C=O) groups excluding carboxylic acids is 3. The van der Waals surface area contributed by atoms with E-state index >= 15 is 0 Å². The lowest BCUT2D eigenvalue weighted by molar-refractivity contribution is 0.0922. The quantitative estimate of drug-likeness (QED) is 0.0742. The minimum absolute atomic E-state index is 0.231. The van der Waals surface area contributed by atoms with Gasteiger partial charge < -0.3 is 27.7 Å². The van der Waals surface area contributed by atoms with Crippen molar-refractivity contribution in [3.05, 3.63) is 149 Å². The van der Waals surface area contributed by atoms with Crippen LogP contribution in [-0.4, -0.2) is 24.0 Å². The number of benzene rings is 5. The molecule has 0 heterocycles. The summed E-state index contributed by atoms with van der Waals surface area (Å²) in [4.78, 5) is 35.4. The van der Waals surface area contributed by atoms with Crippen LogP contribution in [0.4, 0.5) is 0 Å². The summed E-state index contributed by atoms with van der Waals surface area (Å²) in [6.45, 7) is 3.27. The minimum Gasteiger partial charge on any atom is -0.417 e. The molecule has 250 valence electrons. The van der Waals surface area contributed by atoms with Crippen LogP contribution < -0.4 is 22.6 Å². The summed E-state index contributed by atoms with van der Waals surface area (Å²) in [6, 6.07) is 33.9. The Morgan fingerprint density at radius 1 is 0.510 bits per heavy atom. The molecule has 49 heavy (non-hydrogen) atoms. The van der Waals surface area contributed by atoms with E-state index in [1.807, 2.05) is 0 Å². The van der Waals surface area contributed by atoms with Crippen molar-refractivity contribution in [1.82, 2.24) is 0 Å². The summed E-state index contributed by atoms with van der Waals surface area (Å²) >= 11 is 0. The highest BCUT2D eigenvalue weighted by Gasteiger charge is 2.35. The van der Waals surface area contributed by atoms with Crippen molar-refractivity contribution in [2.75, 3.05) is 0 Å². The van der Waals surface area contributed by atoms with Gasteiger partial charge in [0.2, 0.25) is 0 Å². The first-order chi connectivity index (χ1) is 23.8. The molecule has 0 aliphatic rings. The third-order valence-electron chi connectivity index (χ3n) is 6.98. The van der Waals surface area contributed by atoms with Gasteiger partial charge in [-0.2, -0.15) is 0 Å². The third kappa shape index (κ3) is 9.08. The van der Waals surface area contributed by atoms with Crippen molar-refractivity contribution < 1.29 is 46.6 Å². The molecule has 10 nitrogen and oxygen atoms in total. The SMILES string of the molecule is CC(C)(OP(Oc1ccccc1C=O)Oc1ccccc1C=O)c1ccccc1OP(Oc1ccccc1C=O)Oc1ccccc1CO. The molecule has 5 rings (SSSR count). The largest absolute Gasteiger partial charge is 0.530 e. The van der Waals surface area contributed by atoms with E-state index in [0.717, 1.165) is 0 Å². The maximum atomic E-state index is 11.8. The molecule has 12 heteroatoms. The fourth-order valence-corrected chi connectivity index (χ4v) is 6.83. The van der Waals surface area contributed by atoms with Crippen LogP contribution in [0.1, 0.15) is 56.0 Å². The van der Waals surface area contributed by atoms with Crippen molar-refractivity contribution in [3.8, 4) is 28.7 Å². The zero-order valence-corrected chi connectivity index (χ0v) is 28.3. The molecule has 0 aromatic heterocycles. The molecular formula is C37H32O10P2. The molecule has 1 atom stereocenters. The fraction of sp³-hybridized carbons (Fsp3) is 0.108. The van der Waals surface area contributed by atoms with Crippen molar-refractivity contribution in [2.24, 2.45) is 0 Å². The number of hydrogen-bond donors (Lipinski definition) is 1. The van der Waals surface area contributed by atoms with Gasteiger partial charge in [0.25, 0.3) is 0 Å². The summed E-state index contributed by atoms with van der Waals surface area (Å²) in [5, 5.41) is 9.93. The second-order valence-corrected chi connectivity index (χ2v) is 12.7. The summed E-state index contributed by atoms with van der Waals surface area (Å²) in [6.07, 6.45) is 2.00. The first-order valence-corrected chi connectivity index (χ1v) is 17.1. The van der Waals surface area contributed by atoms with Crippen LogP contribution in [0.3, 0.4) is 0 Å². The van der Waals surface area contributed by atoms with Gasteiger partial charge in [-0.3, -0.25) is 18.9 Å². The first-order valence-electron chi connectivity index (χ1n) is 14.9. The molecule has 0 saturated heterocycles. The van der Waals surface area contributed by atoms with Crippen LogP contribution >= 0.6 is 17.2 Å². The molecule has 0 saturated carbocycles. The number of aliphatic hydroxyl groups is 1. The van der Waals surface area contributed by atoms with Gasteiger partial charge in [0.1, 0.15) is 34.3 Å². The molecule has 0 fully saturated rings. The Labute approximate surface area is 286 Å². The standard InChI is InChI=1S/C37H32O10P2/c1-37(2,47-49(44-34-20-10-5-15-29(34)25-40)45-35-21-11-6-16-30(35)26-41)31-17-7-12-22-36(31)46-48(42-32-18-8-3-13-27(32)23-38)43-33-19-9-4-14-28(33)24-39/h3-23,25-26,39H,24H2,1-2H3. The van der Waals surface area contributed by atoms with E-state index < -0.39 is 22.8 Å². The number of aliphatic hydroxyl groups excluding tert-OH is 1. The Balaban J connectivity index is 1.49. The van der Waals surface area contributed by atoms with E-state index in [1.165, 1.54) is 0 Å². The average molecular weight is 699 g/mol. The molecule has 0 bridgehead atoms. The van der Waals surface area contributed by atoms with Crippen molar-refractivity contribution in [3.63, 3.8) is 0 Å². The predicted molar refractivity (Wildman–Crippen MR) is 185 cm³/mol. The highest BCUT2D eigenvalue weighted by atomic mass is 31.2. The molecule has 1 N–H and O–H groups in total. The van der Waals surface area contributed by atoms with Crippen LogP contribution in [0.25, 0.3) is 0 Å². The summed E-state index contributed by atoms with van der Waals surface area (Å²) in [5.41, 5.74) is 0.729. The summed E-state index contributed by atoms with van der Waals surface area (Å²) in [7, 11) is -4.56. The lowest BCUT2D eigenvalue weighted by Gasteiger charge is -2.31. The zero-order chi connectivity index (χ0) is 34.6. The summed E-state index contributed by atoms with van der Waals surface area (Å²) < 4.78 is 37.6. The number of para-hydroxylation sites is 5. The number of hydrogen-bond acceptors (Lipinski definition) is 10. The normalized spacial score (nSPS) is 11.7. The summed E-state index contributed by atoms with van der Waals surface area (Å²) in [5.74, 6) is 1.36. The van der Waals surface area contributed by atoms with Gasteiger partial charge in [-0.1, -0.05) is 72.8 Å². The maximum Gasteiger partial charge on any atom is 0.530 e. The van der Waals surface area contributed by atoms with Crippen LogP contribution in [-0.2, 0) is 16.7 Å². The highest BCUT2D eigenvalue weighted by molar-refractivity contribution is 7.43. The predicted octanol–water partition coefficient (Wildman–Crippen LogP) is 9.02. The average Bonchev–Trinajstić information content (AvgIpc) is 3.12. The Kier molecular flexibility index (Phi) is 12.1. The minimum atomic E-state index is -2.29. The van der Waals surface area contributed by atoms with Crippen LogP contribution in [0.15, 0.2) is 121 Å². The monoisotopic (exact) mass is 698 g/mol. The van der Waals surface area contributed by atoms with Gasteiger partial charge in [-0.15, -0.1) is 0 Å². The van der Waals surface area contributed by atoms with Crippen LogP contribution in [0, 0.1) is 0 Å².